The van der Waals surface area contributed by atoms with Gasteiger partial charge in [0.15, 0.2) is 0 Å². The van der Waals surface area contributed by atoms with Crippen molar-refractivity contribution >= 4 is 0 Å². The Morgan fingerprint density at radius 1 is 1.21 bits per heavy atom. The Morgan fingerprint density at radius 2 is 1.79 bits per heavy atom. The first-order valence-electron chi connectivity index (χ1n) is 5.34. The molecule has 1 nitrogen and oxygen atoms in total. The lowest BCUT2D eigenvalue weighted by Gasteiger charge is -2.33. The maximum absolute atomic E-state index is 3.41. The maximum atomic E-state index is 3.41. The van der Waals surface area contributed by atoms with E-state index in [2.05, 4.69) is 56.4 Å². The van der Waals surface area contributed by atoms with Gasteiger partial charge < -0.3 is 5.32 Å². The van der Waals surface area contributed by atoms with Crippen molar-refractivity contribution in [3.05, 3.63) is 35.9 Å². The molecular formula is C13H21N. The number of benzene rings is 1. The van der Waals surface area contributed by atoms with Crippen molar-refractivity contribution in [3.8, 4) is 0 Å². The Kier molecular flexibility index (Phi) is 3.70. The minimum absolute atomic E-state index is 0.302. The lowest BCUT2D eigenvalue weighted by Crippen LogP contribution is -2.31. The zero-order chi connectivity index (χ0) is 10.6. The van der Waals surface area contributed by atoms with Crippen LogP contribution in [-0.4, -0.2) is 7.05 Å². The van der Waals surface area contributed by atoms with Crippen molar-refractivity contribution in [3.63, 3.8) is 0 Å². The molecule has 0 aliphatic carbocycles. The molecule has 0 aromatic heterocycles. The quantitative estimate of drug-likeness (QED) is 0.769. The second-order valence-electron chi connectivity index (χ2n) is 4.47. The fourth-order valence-corrected chi connectivity index (χ4v) is 1.86. The van der Waals surface area contributed by atoms with E-state index in [1.807, 2.05) is 7.05 Å². The fourth-order valence-electron chi connectivity index (χ4n) is 1.86. The lowest BCUT2D eigenvalue weighted by atomic mass is 9.78. The van der Waals surface area contributed by atoms with Gasteiger partial charge in [-0.3, -0.25) is 0 Å². The Balaban J connectivity index is 2.93. The van der Waals surface area contributed by atoms with E-state index in [0.29, 0.717) is 11.5 Å². The van der Waals surface area contributed by atoms with Gasteiger partial charge in [0.1, 0.15) is 0 Å². The lowest BCUT2D eigenvalue weighted by molar-refractivity contribution is 0.245. The van der Waals surface area contributed by atoms with Gasteiger partial charge in [-0.1, -0.05) is 51.1 Å². The highest BCUT2D eigenvalue weighted by Crippen LogP contribution is 2.35. The summed E-state index contributed by atoms with van der Waals surface area (Å²) in [6.07, 6.45) is 1.17. The zero-order valence-electron chi connectivity index (χ0n) is 9.67. The molecule has 1 rings (SSSR count). The molecule has 1 atom stereocenters. The van der Waals surface area contributed by atoms with Gasteiger partial charge in [-0.25, -0.2) is 0 Å². The predicted molar refractivity (Wildman–Crippen MR) is 62.3 cm³/mol. The summed E-state index contributed by atoms with van der Waals surface area (Å²) in [6.45, 7) is 6.86. The first-order valence-corrected chi connectivity index (χ1v) is 5.34. The summed E-state index contributed by atoms with van der Waals surface area (Å²) < 4.78 is 0. The van der Waals surface area contributed by atoms with Crippen LogP contribution in [0.4, 0.5) is 0 Å². The zero-order valence-corrected chi connectivity index (χ0v) is 9.67. The van der Waals surface area contributed by atoms with Crippen LogP contribution in [-0.2, 0) is 0 Å². The maximum Gasteiger partial charge on any atom is 0.0369 e. The van der Waals surface area contributed by atoms with Crippen molar-refractivity contribution in [2.45, 2.75) is 33.2 Å². The van der Waals surface area contributed by atoms with Crippen LogP contribution in [0.5, 0.6) is 0 Å². The molecule has 1 unspecified atom stereocenters. The van der Waals surface area contributed by atoms with Crippen molar-refractivity contribution in [1.29, 1.82) is 0 Å². The average Bonchev–Trinajstić information content (AvgIpc) is 2.20. The summed E-state index contributed by atoms with van der Waals surface area (Å²) in [6, 6.07) is 11.1. The van der Waals surface area contributed by atoms with E-state index in [1.165, 1.54) is 12.0 Å². The summed E-state index contributed by atoms with van der Waals surface area (Å²) >= 11 is 0. The number of hydrogen-bond acceptors (Lipinski definition) is 1. The van der Waals surface area contributed by atoms with Crippen molar-refractivity contribution < 1.29 is 0 Å². The van der Waals surface area contributed by atoms with E-state index >= 15 is 0 Å². The molecular weight excluding hydrogens is 170 g/mol. The Hall–Kier alpha value is -0.820. The number of hydrogen-bond donors (Lipinski definition) is 1. The molecule has 14 heavy (non-hydrogen) atoms. The fraction of sp³-hybridized carbons (Fsp3) is 0.538. The highest BCUT2D eigenvalue weighted by molar-refractivity contribution is 5.20. The second kappa shape index (κ2) is 4.61. The van der Waals surface area contributed by atoms with Crippen LogP contribution in [0.2, 0.25) is 0 Å². The van der Waals surface area contributed by atoms with E-state index in [0.717, 1.165) is 0 Å². The van der Waals surface area contributed by atoms with Gasteiger partial charge >= 0.3 is 0 Å². The molecule has 1 N–H and O–H groups in total. The highest BCUT2D eigenvalue weighted by atomic mass is 14.9. The van der Waals surface area contributed by atoms with Gasteiger partial charge in [0, 0.05) is 6.04 Å². The molecule has 1 aromatic rings. The van der Waals surface area contributed by atoms with E-state index in [-0.39, 0.29) is 0 Å². The highest BCUT2D eigenvalue weighted by Gasteiger charge is 2.27. The van der Waals surface area contributed by atoms with Gasteiger partial charge in [-0.2, -0.15) is 0 Å². The molecule has 0 spiro atoms. The van der Waals surface area contributed by atoms with Gasteiger partial charge in [-0.15, -0.1) is 0 Å². The summed E-state index contributed by atoms with van der Waals surface area (Å²) in [5.74, 6) is 0. The first-order chi connectivity index (χ1) is 6.61. The van der Waals surface area contributed by atoms with Crippen LogP contribution >= 0.6 is 0 Å². The molecule has 1 heteroatoms. The van der Waals surface area contributed by atoms with E-state index in [4.69, 9.17) is 0 Å². The third kappa shape index (κ3) is 2.36. The van der Waals surface area contributed by atoms with Gasteiger partial charge in [0.2, 0.25) is 0 Å². The average molecular weight is 191 g/mol. The van der Waals surface area contributed by atoms with Crippen LogP contribution in [0.1, 0.15) is 38.8 Å². The smallest absolute Gasteiger partial charge is 0.0369 e. The SMILES string of the molecule is CCC(C)(C)C(NC)c1ccccc1. The Morgan fingerprint density at radius 3 is 2.21 bits per heavy atom. The molecule has 0 saturated heterocycles. The van der Waals surface area contributed by atoms with Gasteiger partial charge in [-0.05, 0) is 24.4 Å². The molecule has 1 aromatic carbocycles. The van der Waals surface area contributed by atoms with Crippen molar-refractivity contribution in [2.75, 3.05) is 7.05 Å². The molecule has 0 saturated carbocycles. The molecule has 0 fully saturated rings. The van der Waals surface area contributed by atoms with E-state index < -0.39 is 0 Å². The topological polar surface area (TPSA) is 12.0 Å². The van der Waals surface area contributed by atoms with E-state index in [9.17, 15) is 0 Å². The standard InChI is InChI=1S/C13H21N/c1-5-13(2,3)12(14-4)11-9-7-6-8-10-11/h6-10,12,14H,5H2,1-4H3. The van der Waals surface area contributed by atoms with Crippen LogP contribution in [0.25, 0.3) is 0 Å². The molecule has 0 heterocycles. The minimum atomic E-state index is 0.302. The summed E-state index contributed by atoms with van der Waals surface area (Å²) in [4.78, 5) is 0. The molecule has 0 radical (unpaired) electrons. The minimum Gasteiger partial charge on any atom is -0.313 e. The van der Waals surface area contributed by atoms with Crippen LogP contribution in [0, 0.1) is 5.41 Å². The van der Waals surface area contributed by atoms with E-state index in [1.54, 1.807) is 0 Å². The molecule has 0 bridgehead atoms. The Labute approximate surface area is 87.5 Å². The van der Waals surface area contributed by atoms with Gasteiger partial charge in [0.05, 0.1) is 0 Å². The molecule has 78 valence electrons. The monoisotopic (exact) mass is 191 g/mol. The summed E-state index contributed by atoms with van der Waals surface area (Å²) in [5.41, 5.74) is 1.68. The van der Waals surface area contributed by atoms with Gasteiger partial charge in [0.25, 0.3) is 0 Å². The molecule has 0 amide bonds. The van der Waals surface area contributed by atoms with Crippen LogP contribution < -0.4 is 5.32 Å². The van der Waals surface area contributed by atoms with Crippen LogP contribution in [0.15, 0.2) is 30.3 Å². The van der Waals surface area contributed by atoms with Crippen molar-refractivity contribution in [2.24, 2.45) is 5.41 Å². The summed E-state index contributed by atoms with van der Waals surface area (Å²) in [5, 5.41) is 3.41. The first kappa shape index (κ1) is 11.3. The third-order valence-electron chi connectivity index (χ3n) is 3.11. The normalized spacial score (nSPS) is 14.0. The third-order valence-corrected chi connectivity index (χ3v) is 3.11. The second-order valence-corrected chi connectivity index (χ2v) is 4.47. The van der Waals surface area contributed by atoms with Crippen molar-refractivity contribution in [1.82, 2.24) is 5.32 Å². The predicted octanol–water partition coefficient (Wildman–Crippen LogP) is 3.38. The summed E-state index contributed by atoms with van der Waals surface area (Å²) in [7, 11) is 2.04. The largest absolute Gasteiger partial charge is 0.313 e. The number of nitrogens with one attached hydrogen (secondary N) is 1. The molecule has 0 aliphatic heterocycles. The Bertz CT molecular complexity index is 264. The molecule has 0 aliphatic rings. The number of rotatable bonds is 4. The van der Waals surface area contributed by atoms with Crippen LogP contribution in [0.3, 0.4) is 0 Å².